The number of hydroxylamine groups is 1. The molecule has 1 N–H and O–H groups in total. The molecule has 1 aromatic rings. The Morgan fingerprint density at radius 1 is 1.36 bits per heavy atom. The molecule has 0 saturated heterocycles. The Labute approximate surface area is 84.0 Å². The number of hydrogen-bond acceptors (Lipinski definition) is 3. The fourth-order valence-corrected chi connectivity index (χ4v) is 1.22. The SMILES string of the molecule is CCNOC(=O)c1ccccc1CC. The number of carbonyl (C=O) groups excluding carboxylic acids is 1. The summed E-state index contributed by atoms with van der Waals surface area (Å²) in [6.07, 6.45) is 0.831. The van der Waals surface area contributed by atoms with Crippen LogP contribution in [0.4, 0.5) is 0 Å². The molecule has 0 radical (unpaired) electrons. The van der Waals surface area contributed by atoms with Crippen LogP contribution < -0.4 is 5.48 Å². The van der Waals surface area contributed by atoms with Crippen LogP contribution in [0.1, 0.15) is 29.8 Å². The molecule has 0 aliphatic rings. The maximum absolute atomic E-state index is 11.5. The maximum atomic E-state index is 11.5. The number of nitrogens with one attached hydrogen (secondary N) is 1. The first kappa shape index (κ1) is 10.7. The van der Waals surface area contributed by atoms with Gasteiger partial charge in [0.25, 0.3) is 0 Å². The minimum Gasteiger partial charge on any atom is -0.367 e. The van der Waals surface area contributed by atoms with Crippen molar-refractivity contribution in [3.05, 3.63) is 35.4 Å². The van der Waals surface area contributed by atoms with Crippen molar-refractivity contribution in [2.45, 2.75) is 20.3 Å². The molecule has 0 heterocycles. The fraction of sp³-hybridized carbons (Fsp3) is 0.364. The van der Waals surface area contributed by atoms with Gasteiger partial charge >= 0.3 is 5.97 Å². The quantitative estimate of drug-likeness (QED) is 0.742. The highest BCUT2D eigenvalue weighted by Gasteiger charge is 2.10. The van der Waals surface area contributed by atoms with Gasteiger partial charge in [0, 0.05) is 6.54 Å². The standard InChI is InChI=1S/C11H15NO2/c1-3-9-7-5-6-8-10(9)11(13)14-12-4-2/h5-8,12H,3-4H2,1-2H3. The smallest absolute Gasteiger partial charge is 0.357 e. The van der Waals surface area contributed by atoms with Crippen molar-refractivity contribution in [2.24, 2.45) is 0 Å². The van der Waals surface area contributed by atoms with Crippen LogP contribution >= 0.6 is 0 Å². The Balaban J connectivity index is 2.78. The average molecular weight is 193 g/mol. The molecule has 3 heteroatoms. The van der Waals surface area contributed by atoms with Crippen molar-refractivity contribution in [2.75, 3.05) is 6.54 Å². The zero-order chi connectivity index (χ0) is 10.4. The number of carbonyl (C=O) groups is 1. The second kappa shape index (κ2) is 5.40. The van der Waals surface area contributed by atoms with Gasteiger partial charge in [-0.05, 0) is 25.0 Å². The minimum absolute atomic E-state index is 0.315. The summed E-state index contributed by atoms with van der Waals surface area (Å²) in [6.45, 7) is 4.50. The third-order valence-electron chi connectivity index (χ3n) is 1.93. The van der Waals surface area contributed by atoms with Gasteiger partial charge in [-0.1, -0.05) is 25.1 Å². The van der Waals surface area contributed by atoms with Crippen molar-refractivity contribution in [1.82, 2.24) is 5.48 Å². The highest BCUT2D eigenvalue weighted by atomic mass is 16.7. The monoisotopic (exact) mass is 193 g/mol. The second-order valence-electron chi connectivity index (χ2n) is 2.90. The van der Waals surface area contributed by atoms with Gasteiger partial charge in [-0.2, -0.15) is 5.48 Å². The predicted molar refractivity (Wildman–Crippen MR) is 54.9 cm³/mol. The summed E-state index contributed by atoms with van der Waals surface area (Å²) >= 11 is 0. The van der Waals surface area contributed by atoms with E-state index in [0.29, 0.717) is 12.1 Å². The maximum Gasteiger partial charge on any atom is 0.357 e. The Morgan fingerprint density at radius 3 is 2.71 bits per heavy atom. The zero-order valence-corrected chi connectivity index (χ0v) is 8.54. The van der Waals surface area contributed by atoms with Crippen LogP contribution in [-0.2, 0) is 11.3 Å². The van der Waals surface area contributed by atoms with E-state index < -0.39 is 0 Å². The molecule has 0 bridgehead atoms. The van der Waals surface area contributed by atoms with Gasteiger partial charge in [0.1, 0.15) is 0 Å². The normalized spacial score (nSPS) is 9.86. The van der Waals surface area contributed by atoms with Crippen LogP contribution in [0.15, 0.2) is 24.3 Å². The van der Waals surface area contributed by atoms with Crippen LogP contribution in [0.3, 0.4) is 0 Å². The Morgan fingerprint density at radius 2 is 2.07 bits per heavy atom. The third kappa shape index (κ3) is 2.57. The number of rotatable bonds is 4. The van der Waals surface area contributed by atoms with Gasteiger partial charge < -0.3 is 4.84 Å². The van der Waals surface area contributed by atoms with E-state index in [0.717, 1.165) is 12.0 Å². The van der Waals surface area contributed by atoms with E-state index in [2.05, 4.69) is 5.48 Å². The van der Waals surface area contributed by atoms with Crippen LogP contribution in [-0.4, -0.2) is 12.5 Å². The summed E-state index contributed by atoms with van der Waals surface area (Å²) in [7, 11) is 0. The molecule has 1 rings (SSSR count). The van der Waals surface area contributed by atoms with E-state index in [4.69, 9.17) is 4.84 Å². The number of hydrogen-bond donors (Lipinski definition) is 1. The van der Waals surface area contributed by atoms with Crippen LogP contribution in [0.5, 0.6) is 0 Å². The van der Waals surface area contributed by atoms with Gasteiger partial charge in [0.2, 0.25) is 0 Å². The van der Waals surface area contributed by atoms with E-state index in [9.17, 15) is 4.79 Å². The first-order chi connectivity index (χ1) is 6.79. The lowest BCUT2D eigenvalue weighted by molar-refractivity contribution is 0.0264. The molecule has 0 aromatic heterocycles. The topological polar surface area (TPSA) is 38.3 Å². The second-order valence-corrected chi connectivity index (χ2v) is 2.90. The molecular weight excluding hydrogens is 178 g/mol. The van der Waals surface area contributed by atoms with E-state index in [1.165, 1.54) is 0 Å². The van der Waals surface area contributed by atoms with E-state index >= 15 is 0 Å². The zero-order valence-electron chi connectivity index (χ0n) is 8.54. The lowest BCUT2D eigenvalue weighted by Crippen LogP contribution is -2.20. The number of aryl methyl sites for hydroxylation is 1. The summed E-state index contributed by atoms with van der Waals surface area (Å²) in [5.74, 6) is -0.315. The van der Waals surface area contributed by atoms with Crippen LogP contribution in [0, 0.1) is 0 Å². The molecule has 0 unspecified atom stereocenters. The summed E-state index contributed by atoms with van der Waals surface area (Å²) in [4.78, 5) is 16.3. The highest BCUT2D eigenvalue weighted by molar-refractivity contribution is 5.90. The lowest BCUT2D eigenvalue weighted by Gasteiger charge is -2.06. The molecule has 76 valence electrons. The minimum atomic E-state index is -0.315. The first-order valence-electron chi connectivity index (χ1n) is 4.81. The van der Waals surface area contributed by atoms with Gasteiger partial charge in [-0.25, -0.2) is 4.79 Å². The molecule has 3 nitrogen and oxygen atoms in total. The molecule has 1 aromatic carbocycles. The average Bonchev–Trinajstić information content (AvgIpc) is 2.25. The highest BCUT2D eigenvalue weighted by Crippen LogP contribution is 2.10. The summed E-state index contributed by atoms with van der Waals surface area (Å²) < 4.78 is 0. The summed E-state index contributed by atoms with van der Waals surface area (Å²) in [5.41, 5.74) is 4.19. The van der Waals surface area contributed by atoms with Gasteiger partial charge in [-0.3, -0.25) is 0 Å². The molecule has 0 aliphatic carbocycles. The van der Waals surface area contributed by atoms with Crippen LogP contribution in [0.25, 0.3) is 0 Å². The molecule has 14 heavy (non-hydrogen) atoms. The third-order valence-corrected chi connectivity index (χ3v) is 1.93. The molecule has 0 saturated carbocycles. The molecule has 0 spiro atoms. The van der Waals surface area contributed by atoms with Gasteiger partial charge in [-0.15, -0.1) is 0 Å². The molecule has 0 amide bonds. The molecule has 0 fully saturated rings. The van der Waals surface area contributed by atoms with E-state index in [1.54, 1.807) is 6.07 Å². The van der Waals surface area contributed by atoms with Crippen molar-refractivity contribution < 1.29 is 9.63 Å². The Bertz CT molecular complexity index is 310. The molecule has 0 atom stereocenters. The summed E-state index contributed by atoms with van der Waals surface area (Å²) in [6, 6.07) is 7.46. The van der Waals surface area contributed by atoms with E-state index in [1.807, 2.05) is 32.0 Å². The van der Waals surface area contributed by atoms with Gasteiger partial charge in [0.15, 0.2) is 0 Å². The molecular formula is C11H15NO2. The van der Waals surface area contributed by atoms with Gasteiger partial charge in [0.05, 0.1) is 5.56 Å². The van der Waals surface area contributed by atoms with Crippen molar-refractivity contribution in [1.29, 1.82) is 0 Å². The first-order valence-corrected chi connectivity index (χ1v) is 4.81. The number of benzene rings is 1. The lowest BCUT2D eigenvalue weighted by atomic mass is 10.1. The van der Waals surface area contributed by atoms with Crippen molar-refractivity contribution >= 4 is 5.97 Å². The van der Waals surface area contributed by atoms with E-state index in [-0.39, 0.29) is 5.97 Å². The largest absolute Gasteiger partial charge is 0.367 e. The Hall–Kier alpha value is -1.35. The summed E-state index contributed by atoms with van der Waals surface area (Å²) in [5, 5.41) is 0. The Kier molecular flexibility index (Phi) is 4.13. The van der Waals surface area contributed by atoms with Crippen molar-refractivity contribution in [3.63, 3.8) is 0 Å². The molecule has 0 aliphatic heterocycles. The predicted octanol–water partition coefficient (Wildman–Crippen LogP) is 1.93. The fourth-order valence-electron chi connectivity index (χ4n) is 1.22. The van der Waals surface area contributed by atoms with Crippen LogP contribution in [0.2, 0.25) is 0 Å². The van der Waals surface area contributed by atoms with Crippen molar-refractivity contribution in [3.8, 4) is 0 Å².